The smallest absolute Gasteiger partial charge is 0.307 e. The van der Waals surface area contributed by atoms with Crippen LogP contribution in [0.4, 0.5) is 0 Å². The number of carboxylic acids is 1. The number of carbonyl (C=O) groups excluding carboxylic acids is 1. The van der Waals surface area contributed by atoms with Crippen molar-refractivity contribution in [2.45, 2.75) is 20.3 Å². The Morgan fingerprint density at radius 3 is 2.19 bits per heavy atom. The van der Waals surface area contributed by atoms with Crippen LogP contribution in [0.5, 0.6) is 0 Å². The second kappa shape index (κ2) is 7.22. The second-order valence-corrected chi connectivity index (χ2v) is 6.59. The summed E-state index contributed by atoms with van der Waals surface area (Å²) in [5, 5.41) is 9.21. The summed E-state index contributed by atoms with van der Waals surface area (Å²) in [6.07, 6.45) is 0.868. The van der Waals surface area contributed by atoms with E-state index in [0.717, 1.165) is 13.0 Å². The van der Waals surface area contributed by atoms with E-state index in [9.17, 15) is 14.7 Å². The quantitative estimate of drug-likeness (QED) is 0.681. The van der Waals surface area contributed by atoms with Crippen LogP contribution in [-0.2, 0) is 14.3 Å². The molecule has 0 saturated heterocycles. The number of nitrogens with zero attached hydrogens (tertiary/aromatic N) is 2. The molecule has 1 aliphatic carbocycles. The van der Waals surface area contributed by atoms with Crippen molar-refractivity contribution < 1.29 is 19.4 Å². The second-order valence-electron chi connectivity index (χ2n) is 6.59. The Hall–Kier alpha value is -1.14. The molecule has 6 heteroatoms. The molecule has 0 heterocycles. The molecule has 1 fully saturated rings. The molecule has 6 nitrogen and oxygen atoms in total. The summed E-state index contributed by atoms with van der Waals surface area (Å²) >= 11 is 0. The summed E-state index contributed by atoms with van der Waals surface area (Å²) in [6, 6.07) is 0. The van der Waals surface area contributed by atoms with E-state index in [1.165, 1.54) is 0 Å². The number of rotatable bonds is 9. The van der Waals surface area contributed by atoms with Gasteiger partial charge in [0.05, 0.1) is 18.4 Å². The number of carbonyl (C=O) groups is 2. The lowest BCUT2D eigenvalue weighted by Crippen LogP contribution is -2.38. The third-order valence-electron chi connectivity index (χ3n) is 4.27. The fraction of sp³-hybridized carbons (Fsp3) is 0.867. The highest BCUT2D eigenvalue weighted by Gasteiger charge is 2.66. The topological polar surface area (TPSA) is 70.1 Å². The summed E-state index contributed by atoms with van der Waals surface area (Å²) in [5.74, 6) is -1.91. The summed E-state index contributed by atoms with van der Waals surface area (Å²) in [7, 11) is 5.58. The zero-order valence-electron chi connectivity index (χ0n) is 13.8. The summed E-state index contributed by atoms with van der Waals surface area (Å²) in [6.45, 7) is 6.22. The molecule has 0 aromatic heterocycles. The van der Waals surface area contributed by atoms with E-state index in [1.807, 2.05) is 27.9 Å². The van der Waals surface area contributed by atoms with E-state index < -0.39 is 23.2 Å². The monoisotopic (exact) mass is 300 g/mol. The van der Waals surface area contributed by atoms with Gasteiger partial charge in [0.2, 0.25) is 5.91 Å². The van der Waals surface area contributed by atoms with Crippen LogP contribution < -0.4 is 0 Å². The molecule has 21 heavy (non-hydrogen) atoms. The van der Waals surface area contributed by atoms with Gasteiger partial charge in [0, 0.05) is 20.2 Å². The van der Waals surface area contributed by atoms with Crippen LogP contribution in [0.1, 0.15) is 20.3 Å². The molecule has 1 N–H and O–H groups in total. The van der Waals surface area contributed by atoms with Gasteiger partial charge in [-0.15, -0.1) is 0 Å². The molecular formula is C15H28N2O4. The van der Waals surface area contributed by atoms with Crippen molar-refractivity contribution >= 4 is 11.9 Å². The van der Waals surface area contributed by atoms with Crippen molar-refractivity contribution in [2.24, 2.45) is 17.3 Å². The zero-order chi connectivity index (χ0) is 16.2. The first-order valence-corrected chi connectivity index (χ1v) is 7.38. The molecule has 1 amide bonds. The Morgan fingerprint density at radius 1 is 1.14 bits per heavy atom. The van der Waals surface area contributed by atoms with E-state index in [-0.39, 0.29) is 5.91 Å². The molecule has 0 bridgehead atoms. The normalized spacial score (nSPS) is 23.1. The molecule has 0 unspecified atom stereocenters. The van der Waals surface area contributed by atoms with Crippen molar-refractivity contribution in [1.29, 1.82) is 0 Å². The Morgan fingerprint density at radius 2 is 1.76 bits per heavy atom. The average Bonchev–Trinajstić information content (AvgIpc) is 2.95. The van der Waals surface area contributed by atoms with Crippen LogP contribution in [0, 0.1) is 17.3 Å². The van der Waals surface area contributed by atoms with Crippen LogP contribution in [0.2, 0.25) is 0 Å². The van der Waals surface area contributed by atoms with Crippen LogP contribution in [0.3, 0.4) is 0 Å². The first kappa shape index (κ1) is 17.9. The summed E-state index contributed by atoms with van der Waals surface area (Å²) in [4.78, 5) is 27.7. The zero-order valence-corrected chi connectivity index (χ0v) is 13.8. The summed E-state index contributed by atoms with van der Waals surface area (Å²) < 4.78 is 5.06. The number of hydrogen-bond acceptors (Lipinski definition) is 4. The minimum atomic E-state index is -0.877. The molecule has 122 valence electrons. The molecule has 2 atom stereocenters. The van der Waals surface area contributed by atoms with E-state index in [2.05, 4.69) is 4.90 Å². The number of ether oxygens (including phenoxy) is 1. The minimum absolute atomic E-state index is 0.0526. The maximum Gasteiger partial charge on any atom is 0.307 e. The molecule has 1 rings (SSSR count). The van der Waals surface area contributed by atoms with Gasteiger partial charge in [-0.25, -0.2) is 0 Å². The van der Waals surface area contributed by atoms with E-state index >= 15 is 0 Å². The number of methoxy groups -OCH3 is 1. The first-order chi connectivity index (χ1) is 9.73. The molecular weight excluding hydrogens is 272 g/mol. The molecule has 1 saturated carbocycles. The Bertz CT molecular complexity index is 382. The van der Waals surface area contributed by atoms with Crippen molar-refractivity contribution in [3.8, 4) is 0 Å². The van der Waals surface area contributed by atoms with Crippen LogP contribution >= 0.6 is 0 Å². The molecule has 0 aromatic rings. The van der Waals surface area contributed by atoms with Gasteiger partial charge in [0.25, 0.3) is 0 Å². The highest BCUT2D eigenvalue weighted by Crippen LogP contribution is 2.59. The third-order valence-corrected chi connectivity index (χ3v) is 4.27. The largest absolute Gasteiger partial charge is 0.481 e. The fourth-order valence-electron chi connectivity index (χ4n) is 2.87. The predicted octanol–water partition coefficient (Wildman–Crippen LogP) is 0.770. The fourth-order valence-corrected chi connectivity index (χ4v) is 2.87. The standard InChI is InChI=1S/C15H28N2O4/c1-15(2)11(12(15)14(19)20)13(18)17(9-10-21-5)8-6-7-16(3)4/h11-12H,6-10H2,1-5H3,(H,19,20)/t11-,12+/m1/s1. The van der Waals surface area contributed by atoms with E-state index in [1.54, 1.807) is 12.0 Å². The Kier molecular flexibility index (Phi) is 6.16. The SMILES string of the molecule is COCCN(CCCN(C)C)C(=O)[C@H]1[C@@H](C(=O)O)C1(C)C. The number of amides is 1. The Labute approximate surface area is 127 Å². The summed E-state index contributed by atoms with van der Waals surface area (Å²) in [5.41, 5.74) is -0.449. The average molecular weight is 300 g/mol. The highest BCUT2D eigenvalue weighted by atomic mass is 16.5. The van der Waals surface area contributed by atoms with Gasteiger partial charge in [-0.1, -0.05) is 13.8 Å². The molecule has 0 spiro atoms. The number of aliphatic carboxylic acids is 1. The molecule has 0 aromatic carbocycles. The number of hydrogen-bond donors (Lipinski definition) is 1. The molecule has 0 radical (unpaired) electrons. The van der Waals surface area contributed by atoms with Crippen LogP contribution in [0.15, 0.2) is 0 Å². The van der Waals surface area contributed by atoms with E-state index in [0.29, 0.717) is 19.7 Å². The van der Waals surface area contributed by atoms with Gasteiger partial charge in [0.15, 0.2) is 0 Å². The van der Waals surface area contributed by atoms with E-state index in [4.69, 9.17) is 4.74 Å². The van der Waals surface area contributed by atoms with Crippen molar-refractivity contribution in [2.75, 3.05) is 47.4 Å². The lowest BCUT2D eigenvalue weighted by Gasteiger charge is -2.24. The maximum atomic E-state index is 12.6. The van der Waals surface area contributed by atoms with Crippen molar-refractivity contribution in [3.05, 3.63) is 0 Å². The molecule has 0 aliphatic heterocycles. The maximum absolute atomic E-state index is 12.6. The molecule has 1 aliphatic rings. The Balaban J connectivity index is 2.65. The minimum Gasteiger partial charge on any atom is -0.481 e. The van der Waals surface area contributed by atoms with Gasteiger partial charge in [-0.05, 0) is 32.5 Å². The lowest BCUT2D eigenvalue weighted by atomic mass is 10.1. The van der Waals surface area contributed by atoms with Gasteiger partial charge >= 0.3 is 5.97 Å². The van der Waals surface area contributed by atoms with Gasteiger partial charge in [0.1, 0.15) is 0 Å². The van der Waals surface area contributed by atoms with Crippen LogP contribution in [-0.4, -0.2) is 74.2 Å². The predicted molar refractivity (Wildman–Crippen MR) is 80.0 cm³/mol. The van der Waals surface area contributed by atoms with Crippen molar-refractivity contribution in [1.82, 2.24) is 9.80 Å². The van der Waals surface area contributed by atoms with Crippen LogP contribution in [0.25, 0.3) is 0 Å². The van der Waals surface area contributed by atoms with Gasteiger partial charge in [-0.2, -0.15) is 0 Å². The highest BCUT2D eigenvalue weighted by molar-refractivity contribution is 5.91. The van der Waals surface area contributed by atoms with Gasteiger partial charge in [-0.3, -0.25) is 9.59 Å². The number of carboxylic acid groups (broad SMARTS) is 1. The lowest BCUT2D eigenvalue weighted by molar-refractivity contribution is -0.142. The first-order valence-electron chi connectivity index (χ1n) is 7.38. The third kappa shape index (κ3) is 4.41. The van der Waals surface area contributed by atoms with Crippen molar-refractivity contribution in [3.63, 3.8) is 0 Å². The van der Waals surface area contributed by atoms with Gasteiger partial charge < -0.3 is 19.6 Å².